The van der Waals surface area contributed by atoms with Crippen LogP contribution in [-0.4, -0.2) is 26.3 Å². The number of sulfone groups is 1. The van der Waals surface area contributed by atoms with Crippen molar-refractivity contribution in [1.82, 2.24) is 5.32 Å². The lowest BCUT2D eigenvalue weighted by Gasteiger charge is -2.27. The van der Waals surface area contributed by atoms with Gasteiger partial charge in [-0.1, -0.05) is 117 Å². The lowest BCUT2D eigenvalue weighted by molar-refractivity contribution is -0.121. The van der Waals surface area contributed by atoms with Gasteiger partial charge in [-0.2, -0.15) is 0 Å². The van der Waals surface area contributed by atoms with Gasteiger partial charge in [0.2, 0.25) is 0 Å². The lowest BCUT2D eigenvalue weighted by Crippen LogP contribution is -2.44. The Hall–Kier alpha value is -2.67. The maximum atomic E-state index is 13.4. The summed E-state index contributed by atoms with van der Waals surface area (Å²) in [6, 6.07) is 13.1. The van der Waals surface area contributed by atoms with Crippen molar-refractivity contribution in [2.45, 2.75) is 134 Å². The predicted molar refractivity (Wildman–Crippen MR) is 177 cm³/mol. The second-order valence-corrected chi connectivity index (χ2v) is 15.5. The van der Waals surface area contributed by atoms with Crippen molar-refractivity contribution in [3.05, 3.63) is 59.7 Å². The summed E-state index contributed by atoms with van der Waals surface area (Å²) in [7, 11) is -3.51. The Morgan fingerprint density at radius 3 is 2.14 bits per heavy atom. The molecule has 0 aliphatic heterocycles. The van der Waals surface area contributed by atoms with Crippen molar-refractivity contribution in [3.8, 4) is 0 Å². The normalized spacial score (nSPS) is 15.9. The Bertz CT molecular complexity index is 1260. The second-order valence-electron chi connectivity index (χ2n) is 13.5. The van der Waals surface area contributed by atoms with Crippen LogP contribution >= 0.6 is 0 Å². The highest BCUT2D eigenvalue weighted by Crippen LogP contribution is 2.29. The third kappa shape index (κ3) is 11.4. The van der Waals surface area contributed by atoms with E-state index in [1.165, 1.54) is 32.1 Å². The van der Waals surface area contributed by atoms with E-state index in [4.69, 9.17) is 0 Å². The summed E-state index contributed by atoms with van der Waals surface area (Å²) in [5.41, 5.74) is 2.24. The molecule has 0 spiro atoms. The fourth-order valence-corrected chi connectivity index (χ4v) is 7.42. The highest BCUT2D eigenvalue weighted by Gasteiger charge is 2.26. The zero-order chi connectivity index (χ0) is 31.5. The first-order valence-electron chi connectivity index (χ1n) is 16.4. The standard InChI is InChI=1S/C36H54N2O4S/c1-6-8-12-27(7-2)17-24-34(39)33(25-28-13-10-9-11-14-28)38-35(40)37-31-20-15-29(16-21-31)26-43(41,42)32-22-18-30(19-23-32)36(3,4)5/h15-16,18-23,27-28,33H,6-14,17,24-26H2,1-5H3,(H2,37,38,40)/t27?,33-/m1/s1. The fourth-order valence-electron chi connectivity index (χ4n) is 6.07. The van der Waals surface area contributed by atoms with Gasteiger partial charge in [0.1, 0.15) is 0 Å². The molecule has 1 aliphatic carbocycles. The number of nitrogens with one attached hydrogen (secondary N) is 2. The molecule has 3 rings (SSSR count). The van der Waals surface area contributed by atoms with E-state index in [0.29, 0.717) is 40.8 Å². The van der Waals surface area contributed by atoms with Crippen molar-refractivity contribution in [2.75, 3.05) is 5.32 Å². The number of unbranched alkanes of at least 4 members (excludes halogenated alkanes) is 1. The molecule has 0 bridgehead atoms. The number of carbonyl (C=O) groups is 2. The van der Waals surface area contributed by atoms with Crippen LogP contribution in [-0.2, 0) is 25.8 Å². The van der Waals surface area contributed by atoms with Crippen LogP contribution in [0.2, 0.25) is 0 Å². The molecule has 2 N–H and O–H groups in total. The number of ketones is 1. The minimum Gasteiger partial charge on any atom is -0.328 e. The minimum absolute atomic E-state index is 0.0487. The quantitative estimate of drug-likeness (QED) is 0.210. The van der Waals surface area contributed by atoms with Crippen LogP contribution in [0.15, 0.2) is 53.4 Å². The summed E-state index contributed by atoms with van der Waals surface area (Å²) < 4.78 is 26.1. The van der Waals surface area contributed by atoms with Crippen LogP contribution < -0.4 is 10.6 Å². The van der Waals surface area contributed by atoms with E-state index in [2.05, 4.69) is 45.3 Å². The molecule has 6 nitrogen and oxygen atoms in total. The molecule has 0 heterocycles. The zero-order valence-corrected chi connectivity index (χ0v) is 27.9. The van der Waals surface area contributed by atoms with Gasteiger partial charge in [0.25, 0.3) is 0 Å². The topological polar surface area (TPSA) is 92.3 Å². The van der Waals surface area contributed by atoms with Gasteiger partial charge in [-0.15, -0.1) is 0 Å². The molecule has 43 heavy (non-hydrogen) atoms. The van der Waals surface area contributed by atoms with E-state index in [-0.39, 0.29) is 17.0 Å². The van der Waals surface area contributed by atoms with E-state index in [1.54, 1.807) is 36.4 Å². The molecule has 238 valence electrons. The summed E-state index contributed by atoms with van der Waals surface area (Å²) in [4.78, 5) is 26.7. The summed E-state index contributed by atoms with van der Waals surface area (Å²) in [5.74, 6) is 1.03. The zero-order valence-electron chi connectivity index (χ0n) is 27.1. The van der Waals surface area contributed by atoms with Crippen molar-refractivity contribution in [1.29, 1.82) is 0 Å². The Labute approximate surface area is 260 Å². The molecule has 7 heteroatoms. The third-order valence-corrected chi connectivity index (χ3v) is 10.7. The highest BCUT2D eigenvalue weighted by molar-refractivity contribution is 7.90. The molecule has 2 atom stereocenters. The van der Waals surface area contributed by atoms with Crippen LogP contribution in [0.25, 0.3) is 0 Å². The van der Waals surface area contributed by atoms with Gasteiger partial charge in [0, 0.05) is 12.1 Å². The first-order chi connectivity index (χ1) is 20.4. The van der Waals surface area contributed by atoms with Gasteiger partial charge in [-0.05, 0) is 65.5 Å². The maximum Gasteiger partial charge on any atom is 0.319 e. The van der Waals surface area contributed by atoms with Gasteiger partial charge in [-0.25, -0.2) is 13.2 Å². The van der Waals surface area contributed by atoms with Crippen molar-refractivity contribution in [3.63, 3.8) is 0 Å². The van der Waals surface area contributed by atoms with Crippen molar-refractivity contribution >= 4 is 27.3 Å². The first kappa shape index (κ1) is 34.8. The Morgan fingerprint density at radius 1 is 0.907 bits per heavy atom. The second kappa shape index (κ2) is 16.4. The number of Topliss-reactive ketones (excluding diaryl/α,β-unsaturated/α-hetero) is 1. The van der Waals surface area contributed by atoms with Crippen LogP contribution in [0, 0.1) is 11.8 Å². The molecule has 2 amide bonds. The van der Waals surface area contributed by atoms with Crippen LogP contribution in [0.4, 0.5) is 10.5 Å². The number of benzene rings is 2. The fraction of sp³-hybridized carbons (Fsp3) is 0.611. The molecule has 1 unspecified atom stereocenters. The molecule has 0 aromatic heterocycles. The molecular formula is C36H54N2O4S. The molecular weight excluding hydrogens is 556 g/mol. The van der Waals surface area contributed by atoms with E-state index in [0.717, 1.165) is 37.7 Å². The molecule has 0 radical (unpaired) electrons. The summed E-state index contributed by atoms with van der Waals surface area (Å²) in [6.07, 6.45) is 12.5. The lowest BCUT2D eigenvalue weighted by atomic mass is 9.83. The predicted octanol–water partition coefficient (Wildman–Crippen LogP) is 8.98. The van der Waals surface area contributed by atoms with E-state index < -0.39 is 21.9 Å². The maximum absolute atomic E-state index is 13.4. The Balaban J connectivity index is 1.60. The highest BCUT2D eigenvalue weighted by atomic mass is 32.2. The van der Waals surface area contributed by atoms with Gasteiger partial charge in [0.05, 0.1) is 16.7 Å². The molecule has 0 saturated heterocycles. The summed E-state index contributed by atoms with van der Waals surface area (Å²) in [6.45, 7) is 10.7. The Morgan fingerprint density at radius 2 is 1.56 bits per heavy atom. The number of carbonyl (C=O) groups excluding carboxylic acids is 2. The van der Waals surface area contributed by atoms with Crippen LogP contribution in [0.1, 0.15) is 123 Å². The van der Waals surface area contributed by atoms with Gasteiger partial charge in [0.15, 0.2) is 15.6 Å². The summed E-state index contributed by atoms with van der Waals surface area (Å²) >= 11 is 0. The molecule has 2 aromatic rings. The number of rotatable bonds is 15. The van der Waals surface area contributed by atoms with Gasteiger partial charge >= 0.3 is 6.03 Å². The van der Waals surface area contributed by atoms with E-state index >= 15 is 0 Å². The average Bonchev–Trinajstić information content (AvgIpc) is 2.98. The largest absolute Gasteiger partial charge is 0.328 e. The first-order valence-corrected chi connectivity index (χ1v) is 18.1. The molecule has 1 saturated carbocycles. The number of urea groups is 1. The number of amides is 2. The molecule has 1 fully saturated rings. The van der Waals surface area contributed by atoms with E-state index in [1.807, 2.05) is 12.1 Å². The number of anilines is 1. The van der Waals surface area contributed by atoms with Crippen molar-refractivity contribution in [2.24, 2.45) is 11.8 Å². The third-order valence-electron chi connectivity index (χ3n) is 8.98. The number of hydrogen-bond donors (Lipinski definition) is 2. The van der Waals surface area contributed by atoms with E-state index in [9.17, 15) is 18.0 Å². The molecule has 1 aliphatic rings. The minimum atomic E-state index is -3.51. The number of hydrogen-bond acceptors (Lipinski definition) is 4. The smallest absolute Gasteiger partial charge is 0.319 e. The average molecular weight is 611 g/mol. The SMILES string of the molecule is CCCCC(CC)CCC(=O)[C@@H](CC1CCCCC1)NC(=O)Nc1ccc(CS(=O)(=O)c2ccc(C(C)(C)C)cc2)cc1. The van der Waals surface area contributed by atoms with Gasteiger partial charge in [-0.3, -0.25) is 4.79 Å². The van der Waals surface area contributed by atoms with Gasteiger partial charge < -0.3 is 10.6 Å². The van der Waals surface area contributed by atoms with Crippen molar-refractivity contribution < 1.29 is 18.0 Å². The Kier molecular flexibility index (Phi) is 13.3. The van der Waals surface area contributed by atoms with Crippen LogP contribution in [0.5, 0.6) is 0 Å². The summed E-state index contributed by atoms with van der Waals surface area (Å²) in [5, 5.41) is 5.85. The monoisotopic (exact) mass is 610 g/mol. The molecule has 2 aromatic carbocycles. The van der Waals surface area contributed by atoms with Crippen LogP contribution in [0.3, 0.4) is 0 Å².